The summed E-state index contributed by atoms with van der Waals surface area (Å²) in [6.45, 7) is 7.00. The van der Waals surface area contributed by atoms with Crippen molar-refractivity contribution in [3.05, 3.63) is 23.9 Å². The molecule has 3 N–H and O–H groups in total. The molecule has 0 aromatic carbocycles. The molecule has 14 heavy (non-hydrogen) atoms. The van der Waals surface area contributed by atoms with Crippen LogP contribution in [0.5, 0.6) is 0 Å². The second-order valence-electron chi connectivity index (χ2n) is 4.22. The van der Waals surface area contributed by atoms with Crippen molar-refractivity contribution in [3.8, 4) is 0 Å². The largest absolute Gasteiger partial charge is 0.365 e. The Kier molecular flexibility index (Phi) is 3.47. The van der Waals surface area contributed by atoms with Crippen LogP contribution in [0.2, 0.25) is 0 Å². The Morgan fingerprint density at radius 1 is 1.50 bits per heavy atom. The number of aryl methyl sites for hydroxylation is 1. The van der Waals surface area contributed by atoms with Crippen LogP contribution in [-0.4, -0.2) is 17.1 Å². The van der Waals surface area contributed by atoms with Crippen LogP contribution in [0.1, 0.15) is 25.8 Å². The summed E-state index contributed by atoms with van der Waals surface area (Å²) >= 11 is 0. The van der Waals surface area contributed by atoms with E-state index in [4.69, 9.17) is 5.73 Å². The van der Waals surface area contributed by atoms with E-state index in [0.29, 0.717) is 6.54 Å². The Morgan fingerprint density at radius 2 is 2.21 bits per heavy atom. The van der Waals surface area contributed by atoms with E-state index in [0.717, 1.165) is 17.8 Å². The fourth-order valence-electron chi connectivity index (χ4n) is 1.36. The lowest BCUT2D eigenvalue weighted by atomic mass is 10.0. The molecule has 0 aliphatic rings. The topological polar surface area (TPSA) is 50.9 Å². The third-order valence-corrected chi connectivity index (χ3v) is 2.24. The molecule has 3 heteroatoms. The van der Waals surface area contributed by atoms with E-state index in [9.17, 15) is 0 Å². The third-order valence-electron chi connectivity index (χ3n) is 2.24. The molecule has 0 atom stereocenters. The molecule has 0 radical (unpaired) electrons. The van der Waals surface area contributed by atoms with E-state index in [1.165, 1.54) is 0 Å². The van der Waals surface area contributed by atoms with Crippen LogP contribution in [0.25, 0.3) is 0 Å². The first-order valence-corrected chi connectivity index (χ1v) is 4.95. The number of hydrogen-bond acceptors (Lipinski definition) is 3. The van der Waals surface area contributed by atoms with Crippen molar-refractivity contribution in [2.24, 2.45) is 5.73 Å². The van der Waals surface area contributed by atoms with Crippen LogP contribution in [0.15, 0.2) is 18.3 Å². The summed E-state index contributed by atoms with van der Waals surface area (Å²) in [5, 5.41) is 3.40. The number of nitrogens with one attached hydrogen (secondary N) is 1. The Bertz CT molecular complexity index is 294. The molecular weight excluding hydrogens is 174 g/mol. The minimum Gasteiger partial charge on any atom is -0.365 e. The lowest BCUT2D eigenvalue weighted by Crippen LogP contribution is -2.34. The van der Waals surface area contributed by atoms with Gasteiger partial charge >= 0.3 is 0 Å². The molecule has 1 heterocycles. The summed E-state index contributed by atoms with van der Waals surface area (Å²) in [4.78, 5) is 4.29. The van der Waals surface area contributed by atoms with Crippen LogP contribution in [0.3, 0.4) is 0 Å². The smallest absolute Gasteiger partial charge is 0.129 e. The first-order valence-electron chi connectivity index (χ1n) is 4.95. The van der Waals surface area contributed by atoms with Gasteiger partial charge in [-0.3, -0.25) is 0 Å². The zero-order chi connectivity index (χ0) is 10.6. The van der Waals surface area contributed by atoms with Crippen molar-refractivity contribution < 1.29 is 0 Å². The van der Waals surface area contributed by atoms with Crippen molar-refractivity contribution in [3.63, 3.8) is 0 Å². The molecule has 0 amide bonds. The highest BCUT2D eigenvalue weighted by molar-refractivity contribution is 5.44. The van der Waals surface area contributed by atoms with Gasteiger partial charge in [-0.2, -0.15) is 0 Å². The summed E-state index contributed by atoms with van der Waals surface area (Å²) in [7, 11) is 0. The molecule has 1 rings (SSSR count). The normalized spacial score (nSPS) is 11.4. The van der Waals surface area contributed by atoms with E-state index in [-0.39, 0.29) is 5.54 Å². The predicted octanol–water partition coefficient (Wildman–Crippen LogP) is 1.93. The molecule has 0 bridgehead atoms. The molecular formula is C11H19N3. The van der Waals surface area contributed by atoms with Crippen LogP contribution in [0, 0.1) is 6.92 Å². The van der Waals surface area contributed by atoms with E-state index in [1.54, 1.807) is 6.20 Å². The zero-order valence-electron chi connectivity index (χ0n) is 9.17. The number of anilines is 1. The third kappa shape index (κ3) is 3.00. The first-order chi connectivity index (χ1) is 6.55. The Labute approximate surface area is 85.7 Å². The van der Waals surface area contributed by atoms with Crippen molar-refractivity contribution in [1.29, 1.82) is 0 Å². The van der Waals surface area contributed by atoms with Crippen molar-refractivity contribution >= 4 is 5.82 Å². The maximum Gasteiger partial charge on any atom is 0.129 e. The molecule has 0 unspecified atom stereocenters. The van der Waals surface area contributed by atoms with Gasteiger partial charge in [0, 0.05) is 11.7 Å². The fraction of sp³-hybridized carbons (Fsp3) is 0.545. The maximum atomic E-state index is 5.55. The highest BCUT2D eigenvalue weighted by atomic mass is 15.0. The zero-order valence-corrected chi connectivity index (χ0v) is 9.17. The van der Waals surface area contributed by atoms with Crippen molar-refractivity contribution in [2.75, 3.05) is 11.9 Å². The van der Waals surface area contributed by atoms with Gasteiger partial charge in [0.2, 0.25) is 0 Å². The average Bonchev–Trinajstić information content (AvgIpc) is 2.08. The van der Waals surface area contributed by atoms with Gasteiger partial charge in [-0.1, -0.05) is 6.07 Å². The molecule has 0 saturated carbocycles. The van der Waals surface area contributed by atoms with Gasteiger partial charge in [0.1, 0.15) is 5.82 Å². The predicted molar refractivity (Wildman–Crippen MR) is 60.3 cm³/mol. The van der Waals surface area contributed by atoms with E-state index in [2.05, 4.69) is 24.1 Å². The molecule has 0 fully saturated rings. The standard InChI is InChI=1S/C11H19N3/c1-9-5-4-8-13-10(9)14-11(2,3)6-7-12/h4-5,8H,6-7,12H2,1-3H3,(H,13,14). The Morgan fingerprint density at radius 3 is 2.79 bits per heavy atom. The van der Waals surface area contributed by atoms with Crippen molar-refractivity contribution in [1.82, 2.24) is 4.98 Å². The van der Waals surface area contributed by atoms with Gasteiger partial charge in [-0.05, 0) is 45.4 Å². The van der Waals surface area contributed by atoms with Crippen LogP contribution in [0.4, 0.5) is 5.82 Å². The van der Waals surface area contributed by atoms with Gasteiger partial charge in [0.05, 0.1) is 0 Å². The first kappa shape index (κ1) is 11.0. The summed E-state index contributed by atoms with van der Waals surface area (Å²) in [5.41, 5.74) is 6.72. The molecule has 3 nitrogen and oxygen atoms in total. The molecule has 1 aromatic rings. The lowest BCUT2D eigenvalue weighted by molar-refractivity contribution is 0.524. The van der Waals surface area contributed by atoms with E-state index in [1.807, 2.05) is 19.1 Å². The fourth-order valence-corrected chi connectivity index (χ4v) is 1.36. The minimum absolute atomic E-state index is 0.00780. The molecule has 0 saturated heterocycles. The van der Waals surface area contributed by atoms with E-state index < -0.39 is 0 Å². The van der Waals surface area contributed by atoms with E-state index >= 15 is 0 Å². The number of nitrogens with two attached hydrogens (primary N) is 1. The van der Waals surface area contributed by atoms with Gasteiger partial charge in [-0.25, -0.2) is 4.98 Å². The molecule has 1 aromatic heterocycles. The highest BCUT2D eigenvalue weighted by Crippen LogP contribution is 2.18. The molecule has 0 spiro atoms. The monoisotopic (exact) mass is 193 g/mol. The second-order valence-corrected chi connectivity index (χ2v) is 4.22. The number of pyridine rings is 1. The molecule has 78 valence electrons. The quantitative estimate of drug-likeness (QED) is 0.768. The Hall–Kier alpha value is -1.09. The van der Waals surface area contributed by atoms with Crippen LogP contribution in [-0.2, 0) is 0 Å². The maximum absolute atomic E-state index is 5.55. The van der Waals surface area contributed by atoms with Crippen molar-refractivity contribution in [2.45, 2.75) is 32.7 Å². The molecule has 0 aliphatic heterocycles. The highest BCUT2D eigenvalue weighted by Gasteiger charge is 2.17. The average molecular weight is 193 g/mol. The summed E-state index contributed by atoms with van der Waals surface area (Å²) in [6.07, 6.45) is 2.73. The van der Waals surface area contributed by atoms with Gasteiger partial charge < -0.3 is 11.1 Å². The summed E-state index contributed by atoms with van der Waals surface area (Å²) in [6, 6.07) is 3.99. The van der Waals surface area contributed by atoms with Gasteiger partial charge in [-0.15, -0.1) is 0 Å². The summed E-state index contributed by atoms with van der Waals surface area (Å²) < 4.78 is 0. The van der Waals surface area contributed by atoms with Crippen LogP contribution < -0.4 is 11.1 Å². The number of nitrogens with zero attached hydrogens (tertiary/aromatic N) is 1. The van der Waals surface area contributed by atoms with Gasteiger partial charge in [0.25, 0.3) is 0 Å². The summed E-state index contributed by atoms with van der Waals surface area (Å²) in [5.74, 6) is 0.950. The second kappa shape index (κ2) is 4.42. The number of hydrogen-bond donors (Lipinski definition) is 2. The van der Waals surface area contributed by atoms with Crippen LogP contribution >= 0.6 is 0 Å². The number of aromatic nitrogens is 1. The molecule has 0 aliphatic carbocycles. The minimum atomic E-state index is 0.00780. The SMILES string of the molecule is Cc1cccnc1NC(C)(C)CCN. The number of rotatable bonds is 4. The van der Waals surface area contributed by atoms with Gasteiger partial charge in [0.15, 0.2) is 0 Å². The Balaban J connectivity index is 2.73. The lowest BCUT2D eigenvalue weighted by Gasteiger charge is -2.27.